The van der Waals surface area contributed by atoms with Gasteiger partial charge in [-0.05, 0) is 48.7 Å². The van der Waals surface area contributed by atoms with Crippen LogP contribution in [0, 0.1) is 0 Å². The highest BCUT2D eigenvalue weighted by molar-refractivity contribution is 5.84. The number of fused-ring (bicyclic) bond motifs is 2. The van der Waals surface area contributed by atoms with Crippen molar-refractivity contribution in [2.75, 3.05) is 24.5 Å². The van der Waals surface area contributed by atoms with Crippen molar-refractivity contribution in [2.24, 2.45) is 0 Å². The standard InChI is InChI=1S/C22H23N3O2/c1-15-13-25(9-7-23-15)19-6-5-16-11-20(22(26)27-21(16)12-19)17-10-18-4-2-3-8-24(18)14-17/h2-6,8,10,12,14-15,20,23H,7,9,11,13H2,1H3/t15-,20?/m0/s1. The third-order valence-corrected chi connectivity index (χ3v) is 5.63. The number of anilines is 1. The Morgan fingerprint density at radius 3 is 2.96 bits per heavy atom. The maximum atomic E-state index is 12.7. The Hall–Kier alpha value is -2.79. The van der Waals surface area contributed by atoms with Crippen molar-refractivity contribution >= 4 is 17.2 Å². The summed E-state index contributed by atoms with van der Waals surface area (Å²) in [6.45, 7) is 5.10. The fourth-order valence-electron chi connectivity index (χ4n) is 4.18. The second kappa shape index (κ2) is 6.43. The van der Waals surface area contributed by atoms with Crippen molar-refractivity contribution in [2.45, 2.75) is 25.3 Å². The third kappa shape index (κ3) is 2.98. The normalized spacial score (nSPS) is 22.6. The lowest BCUT2D eigenvalue weighted by Gasteiger charge is -2.34. The zero-order valence-electron chi connectivity index (χ0n) is 15.4. The van der Waals surface area contributed by atoms with Crippen LogP contribution in [0.15, 0.2) is 54.9 Å². The molecule has 0 saturated carbocycles. The van der Waals surface area contributed by atoms with Crippen LogP contribution in [0.5, 0.6) is 5.75 Å². The van der Waals surface area contributed by atoms with E-state index in [1.165, 1.54) is 0 Å². The molecule has 2 aliphatic heterocycles. The predicted molar refractivity (Wildman–Crippen MR) is 106 cm³/mol. The maximum Gasteiger partial charge on any atom is 0.319 e. The second-order valence-corrected chi connectivity index (χ2v) is 7.58. The van der Waals surface area contributed by atoms with E-state index in [2.05, 4.69) is 35.3 Å². The topological polar surface area (TPSA) is 46.0 Å². The number of ether oxygens (including phenoxy) is 1. The number of hydrogen-bond acceptors (Lipinski definition) is 4. The van der Waals surface area contributed by atoms with Crippen LogP contribution in [-0.4, -0.2) is 36.0 Å². The van der Waals surface area contributed by atoms with Gasteiger partial charge in [-0.3, -0.25) is 4.79 Å². The van der Waals surface area contributed by atoms with Crippen molar-refractivity contribution in [1.82, 2.24) is 9.72 Å². The molecule has 4 heterocycles. The SMILES string of the molecule is C[C@H]1CN(c2ccc3c(c2)OC(=O)C(c2cc4ccccn4c2)C3)CCN1. The summed E-state index contributed by atoms with van der Waals surface area (Å²) in [4.78, 5) is 15.1. The highest BCUT2D eigenvalue weighted by Crippen LogP contribution is 2.36. The maximum absolute atomic E-state index is 12.7. The first-order valence-corrected chi connectivity index (χ1v) is 9.57. The van der Waals surface area contributed by atoms with E-state index in [0.29, 0.717) is 18.2 Å². The Labute approximate surface area is 158 Å². The number of nitrogens with zero attached hydrogens (tertiary/aromatic N) is 2. The van der Waals surface area contributed by atoms with Crippen LogP contribution in [0.4, 0.5) is 5.69 Å². The number of aromatic nitrogens is 1. The highest BCUT2D eigenvalue weighted by atomic mass is 16.5. The van der Waals surface area contributed by atoms with Crippen LogP contribution in [0.1, 0.15) is 24.0 Å². The molecule has 27 heavy (non-hydrogen) atoms. The largest absolute Gasteiger partial charge is 0.426 e. The van der Waals surface area contributed by atoms with Gasteiger partial charge in [0.1, 0.15) is 5.75 Å². The van der Waals surface area contributed by atoms with Gasteiger partial charge >= 0.3 is 5.97 Å². The average Bonchev–Trinajstić information content (AvgIpc) is 3.11. The zero-order valence-corrected chi connectivity index (χ0v) is 15.4. The number of carbonyl (C=O) groups is 1. The lowest BCUT2D eigenvalue weighted by Crippen LogP contribution is -2.49. The van der Waals surface area contributed by atoms with Crippen molar-refractivity contribution in [3.05, 3.63) is 66.0 Å². The van der Waals surface area contributed by atoms with E-state index in [9.17, 15) is 4.79 Å². The summed E-state index contributed by atoms with van der Waals surface area (Å²) in [5.41, 5.74) is 4.33. The number of carbonyl (C=O) groups excluding carboxylic acids is 1. The molecule has 2 aliphatic rings. The summed E-state index contributed by atoms with van der Waals surface area (Å²) in [7, 11) is 0. The Morgan fingerprint density at radius 1 is 1.19 bits per heavy atom. The average molecular weight is 361 g/mol. The number of hydrogen-bond donors (Lipinski definition) is 1. The molecule has 1 N–H and O–H groups in total. The molecular weight excluding hydrogens is 338 g/mol. The summed E-state index contributed by atoms with van der Waals surface area (Å²) in [5, 5.41) is 3.46. The molecule has 138 valence electrons. The van der Waals surface area contributed by atoms with Crippen molar-refractivity contribution in [3.8, 4) is 5.75 Å². The molecule has 0 bridgehead atoms. The molecule has 1 fully saturated rings. The molecule has 2 aromatic heterocycles. The van der Waals surface area contributed by atoms with E-state index in [1.54, 1.807) is 0 Å². The smallest absolute Gasteiger partial charge is 0.319 e. The van der Waals surface area contributed by atoms with Crippen molar-refractivity contribution in [3.63, 3.8) is 0 Å². The van der Waals surface area contributed by atoms with E-state index < -0.39 is 0 Å². The molecule has 0 spiro atoms. The van der Waals surface area contributed by atoms with Crippen LogP contribution in [0.2, 0.25) is 0 Å². The molecule has 0 radical (unpaired) electrons. The Morgan fingerprint density at radius 2 is 2.11 bits per heavy atom. The second-order valence-electron chi connectivity index (χ2n) is 7.58. The summed E-state index contributed by atoms with van der Waals surface area (Å²) >= 11 is 0. The minimum absolute atomic E-state index is 0.163. The van der Waals surface area contributed by atoms with Gasteiger partial charge in [-0.15, -0.1) is 0 Å². The van der Waals surface area contributed by atoms with Crippen LogP contribution in [-0.2, 0) is 11.2 Å². The highest BCUT2D eigenvalue weighted by Gasteiger charge is 2.31. The van der Waals surface area contributed by atoms with Crippen LogP contribution in [0.25, 0.3) is 5.52 Å². The lowest BCUT2D eigenvalue weighted by molar-refractivity contribution is -0.137. The summed E-state index contributed by atoms with van der Waals surface area (Å²) in [5.74, 6) is 0.301. The number of piperazine rings is 1. The Bertz CT molecular complexity index is 977. The van der Waals surface area contributed by atoms with Gasteiger partial charge in [0.25, 0.3) is 0 Å². The van der Waals surface area contributed by atoms with Gasteiger partial charge in [0, 0.05) is 55.3 Å². The number of rotatable bonds is 2. The number of benzene rings is 1. The summed E-state index contributed by atoms with van der Waals surface area (Å²) < 4.78 is 7.81. The van der Waals surface area contributed by atoms with Gasteiger partial charge in [-0.25, -0.2) is 0 Å². The minimum atomic E-state index is -0.248. The molecule has 2 atom stereocenters. The molecule has 3 aromatic rings. The monoisotopic (exact) mass is 361 g/mol. The van der Waals surface area contributed by atoms with Gasteiger partial charge in [-0.2, -0.15) is 0 Å². The Kier molecular flexibility index (Phi) is 3.90. The van der Waals surface area contributed by atoms with Crippen molar-refractivity contribution < 1.29 is 9.53 Å². The van der Waals surface area contributed by atoms with E-state index >= 15 is 0 Å². The third-order valence-electron chi connectivity index (χ3n) is 5.63. The number of pyridine rings is 1. The fraction of sp³-hybridized carbons (Fsp3) is 0.318. The molecule has 1 unspecified atom stereocenters. The van der Waals surface area contributed by atoms with Crippen molar-refractivity contribution in [1.29, 1.82) is 0 Å². The molecule has 5 heteroatoms. The van der Waals surface area contributed by atoms with E-state index in [-0.39, 0.29) is 11.9 Å². The van der Waals surface area contributed by atoms with E-state index in [4.69, 9.17) is 4.74 Å². The lowest BCUT2D eigenvalue weighted by atomic mass is 9.91. The van der Waals surface area contributed by atoms with E-state index in [1.807, 2.05) is 41.1 Å². The fourth-order valence-corrected chi connectivity index (χ4v) is 4.18. The van der Waals surface area contributed by atoms with E-state index in [0.717, 1.165) is 42.0 Å². The van der Waals surface area contributed by atoms with Gasteiger partial charge < -0.3 is 19.4 Å². The molecular formula is C22H23N3O2. The molecule has 5 nitrogen and oxygen atoms in total. The summed E-state index contributed by atoms with van der Waals surface area (Å²) in [6, 6.07) is 14.9. The molecule has 0 amide bonds. The zero-order chi connectivity index (χ0) is 18.4. The van der Waals surface area contributed by atoms with Crippen LogP contribution >= 0.6 is 0 Å². The summed E-state index contributed by atoms with van der Waals surface area (Å²) in [6.07, 6.45) is 4.72. The van der Waals surface area contributed by atoms with Crippen LogP contribution < -0.4 is 15.0 Å². The molecule has 5 rings (SSSR count). The van der Waals surface area contributed by atoms with Gasteiger partial charge in [0.15, 0.2) is 0 Å². The molecule has 0 aliphatic carbocycles. The van der Waals surface area contributed by atoms with Crippen LogP contribution in [0.3, 0.4) is 0 Å². The number of esters is 1. The molecule has 1 saturated heterocycles. The minimum Gasteiger partial charge on any atom is -0.426 e. The Balaban J connectivity index is 1.42. The first-order valence-electron chi connectivity index (χ1n) is 9.57. The first-order chi connectivity index (χ1) is 13.2. The number of nitrogens with one attached hydrogen (secondary N) is 1. The van der Waals surface area contributed by atoms with Gasteiger partial charge in [0.2, 0.25) is 0 Å². The first kappa shape index (κ1) is 16.4. The molecule has 1 aromatic carbocycles. The predicted octanol–water partition coefficient (Wildman–Crippen LogP) is 2.98. The van der Waals surface area contributed by atoms with Gasteiger partial charge in [0.05, 0.1) is 5.92 Å². The quantitative estimate of drug-likeness (QED) is 0.563. The van der Waals surface area contributed by atoms with Gasteiger partial charge in [-0.1, -0.05) is 12.1 Å².